The van der Waals surface area contributed by atoms with Crippen LogP contribution in [0.15, 0.2) is 44.0 Å². The minimum Gasteiger partial charge on any atom is -0.391 e. The molecule has 1 aliphatic carbocycles. The molecule has 1 fully saturated rings. The summed E-state index contributed by atoms with van der Waals surface area (Å²) in [4.78, 5) is 4.36. The molecule has 1 heterocycles. The third-order valence-electron chi connectivity index (χ3n) is 8.90. The predicted molar refractivity (Wildman–Crippen MR) is 178 cm³/mol. The van der Waals surface area contributed by atoms with Crippen LogP contribution in [0.2, 0.25) is 0 Å². The van der Waals surface area contributed by atoms with Gasteiger partial charge in [0.15, 0.2) is 11.6 Å². The van der Waals surface area contributed by atoms with Crippen molar-refractivity contribution in [2.45, 2.75) is 90.9 Å². The highest BCUT2D eigenvalue weighted by Crippen LogP contribution is 2.33. The smallest absolute Gasteiger partial charge is 0.164 e. The molecule has 43 heavy (non-hydrogen) atoms. The first-order valence-corrected chi connectivity index (χ1v) is 16.6. The van der Waals surface area contributed by atoms with Crippen LogP contribution in [0.4, 0.5) is 14.6 Å². The number of hydrogen-bond donors (Lipinski definition) is 2. The average Bonchev–Trinajstić information content (AvgIpc) is 3.32. The van der Waals surface area contributed by atoms with E-state index in [-0.39, 0.29) is 5.56 Å². The molecule has 1 atom stereocenters. The zero-order valence-corrected chi connectivity index (χ0v) is 27.1. The lowest BCUT2D eigenvalue weighted by molar-refractivity contribution is 0.203. The summed E-state index contributed by atoms with van der Waals surface area (Å²) in [6.07, 6.45) is 16.8. The van der Waals surface area contributed by atoms with E-state index in [2.05, 4.69) is 47.3 Å². The first-order valence-electron chi connectivity index (χ1n) is 16.6. The summed E-state index contributed by atoms with van der Waals surface area (Å²) in [7, 11) is 1.71. The van der Waals surface area contributed by atoms with Crippen LogP contribution in [0.1, 0.15) is 90.0 Å². The van der Waals surface area contributed by atoms with Crippen molar-refractivity contribution in [2.75, 3.05) is 37.6 Å². The van der Waals surface area contributed by atoms with E-state index in [9.17, 15) is 0 Å². The van der Waals surface area contributed by atoms with E-state index in [1.165, 1.54) is 61.9 Å². The second kappa shape index (κ2) is 18.1. The summed E-state index contributed by atoms with van der Waals surface area (Å²) >= 11 is 0. The molecule has 1 unspecified atom stereocenters. The van der Waals surface area contributed by atoms with Crippen LogP contribution in [0.3, 0.4) is 0 Å². The van der Waals surface area contributed by atoms with Crippen LogP contribution in [-0.2, 0) is 13.5 Å². The summed E-state index contributed by atoms with van der Waals surface area (Å²) in [6, 6.07) is 1.44. The maximum atomic E-state index is 15.9. The van der Waals surface area contributed by atoms with E-state index in [1.807, 2.05) is 11.8 Å². The number of halogens is 2. The fourth-order valence-corrected chi connectivity index (χ4v) is 6.72. The molecule has 0 spiro atoms. The molecular formula is C35H56F2N6. The Hall–Kier alpha value is -2.87. The molecule has 0 amide bonds. The zero-order valence-electron chi connectivity index (χ0n) is 27.1. The van der Waals surface area contributed by atoms with Gasteiger partial charge in [-0.2, -0.15) is 5.10 Å². The van der Waals surface area contributed by atoms with E-state index in [0.29, 0.717) is 47.8 Å². The van der Waals surface area contributed by atoms with Gasteiger partial charge in [0.25, 0.3) is 0 Å². The third-order valence-corrected chi connectivity index (χ3v) is 8.90. The van der Waals surface area contributed by atoms with Crippen molar-refractivity contribution in [1.29, 1.82) is 0 Å². The Bertz CT molecular complexity index is 1170. The molecule has 0 aliphatic heterocycles. The maximum absolute atomic E-state index is 15.9. The molecule has 0 radical (unpaired) electrons. The highest BCUT2D eigenvalue weighted by molar-refractivity contribution is 5.92. The lowest BCUT2D eigenvalue weighted by atomic mass is 9.83. The van der Waals surface area contributed by atoms with E-state index < -0.39 is 11.6 Å². The third kappa shape index (κ3) is 9.82. The molecule has 1 saturated carbocycles. The largest absolute Gasteiger partial charge is 0.391 e. The van der Waals surface area contributed by atoms with Gasteiger partial charge in [-0.15, -0.1) is 0 Å². The van der Waals surface area contributed by atoms with Crippen molar-refractivity contribution in [3.05, 3.63) is 61.2 Å². The first kappa shape index (κ1) is 34.6. The second-order valence-electron chi connectivity index (χ2n) is 12.2. The van der Waals surface area contributed by atoms with Gasteiger partial charge in [-0.05, 0) is 81.9 Å². The zero-order chi connectivity index (χ0) is 31.2. The Balaban J connectivity index is 1.71. The number of hydrogen-bond acceptors (Lipinski definition) is 5. The summed E-state index contributed by atoms with van der Waals surface area (Å²) in [5.41, 5.74) is 0.467. The SMILES string of the molecule is C=CNCCC(CCC1CCCCC1)CN(CCC)CCCc1c(F)cc2c(N(CCC)C(=C)NC=C)nn(C)c2c1F. The number of benzene rings is 1. The molecule has 2 N–H and O–H groups in total. The summed E-state index contributed by atoms with van der Waals surface area (Å²) in [5.74, 6) is 1.51. The number of rotatable bonds is 21. The Morgan fingerprint density at radius 2 is 1.84 bits per heavy atom. The van der Waals surface area contributed by atoms with Crippen molar-refractivity contribution in [1.82, 2.24) is 25.3 Å². The van der Waals surface area contributed by atoms with Crippen LogP contribution < -0.4 is 15.5 Å². The number of aromatic nitrogens is 2. The van der Waals surface area contributed by atoms with Crippen LogP contribution in [0, 0.1) is 23.5 Å². The molecule has 240 valence electrons. The van der Waals surface area contributed by atoms with E-state index in [0.717, 1.165) is 51.4 Å². The fraction of sp³-hybridized carbons (Fsp3) is 0.629. The van der Waals surface area contributed by atoms with Gasteiger partial charge in [0, 0.05) is 32.2 Å². The summed E-state index contributed by atoms with van der Waals surface area (Å²) in [5, 5.41) is 11.3. The van der Waals surface area contributed by atoms with E-state index in [1.54, 1.807) is 13.2 Å². The van der Waals surface area contributed by atoms with Crippen LogP contribution >= 0.6 is 0 Å². The normalized spacial score (nSPS) is 14.7. The molecule has 0 bridgehead atoms. The Morgan fingerprint density at radius 3 is 2.51 bits per heavy atom. The van der Waals surface area contributed by atoms with Crippen molar-refractivity contribution in [2.24, 2.45) is 18.9 Å². The Labute approximate surface area is 259 Å². The van der Waals surface area contributed by atoms with Gasteiger partial charge >= 0.3 is 0 Å². The molecule has 1 aromatic carbocycles. The van der Waals surface area contributed by atoms with E-state index in [4.69, 9.17) is 0 Å². The van der Waals surface area contributed by atoms with Crippen LogP contribution in [0.5, 0.6) is 0 Å². The lowest BCUT2D eigenvalue weighted by Gasteiger charge is -2.29. The van der Waals surface area contributed by atoms with Gasteiger partial charge in [-0.3, -0.25) is 4.68 Å². The Morgan fingerprint density at radius 1 is 1.09 bits per heavy atom. The molecule has 1 aromatic heterocycles. The summed E-state index contributed by atoms with van der Waals surface area (Å²) < 4.78 is 33.0. The molecular weight excluding hydrogens is 542 g/mol. The van der Waals surface area contributed by atoms with Gasteiger partial charge in [0.05, 0.1) is 5.39 Å². The van der Waals surface area contributed by atoms with Gasteiger partial charge < -0.3 is 20.4 Å². The molecule has 0 saturated heterocycles. The van der Waals surface area contributed by atoms with Crippen molar-refractivity contribution < 1.29 is 8.78 Å². The second-order valence-corrected chi connectivity index (χ2v) is 12.2. The molecule has 6 nitrogen and oxygen atoms in total. The van der Waals surface area contributed by atoms with E-state index >= 15 is 8.78 Å². The minimum atomic E-state index is -0.516. The van der Waals surface area contributed by atoms with Crippen LogP contribution in [-0.4, -0.2) is 47.4 Å². The highest BCUT2D eigenvalue weighted by atomic mass is 19.1. The number of aryl methyl sites for hydroxylation is 1. The highest BCUT2D eigenvalue weighted by Gasteiger charge is 2.24. The average molecular weight is 599 g/mol. The molecule has 1 aliphatic rings. The van der Waals surface area contributed by atoms with Crippen LogP contribution in [0.25, 0.3) is 10.9 Å². The lowest BCUT2D eigenvalue weighted by Crippen LogP contribution is -2.33. The van der Waals surface area contributed by atoms with Crippen molar-refractivity contribution in [3.8, 4) is 0 Å². The number of anilines is 1. The predicted octanol–water partition coefficient (Wildman–Crippen LogP) is 8.02. The topological polar surface area (TPSA) is 48.4 Å². The standard InChI is InChI=1S/C35H56F2N6/c1-7-22-42(26-29(20-21-38-9-3)19-18-28-15-12-11-13-16-28)24-14-17-30-32(36)25-31-34(33(30)37)41(6)40-35(31)43(23-8-2)27(5)39-10-4/h9-10,25,28-29,38-39H,3-5,7-8,11-24,26H2,1-2,6H3. The maximum Gasteiger partial charge on any atom is 0.164 e. The monoisotopic (exact) mass is 598 g/mol. The molecule has 3 rings (SSSR count). The number of nitrogens with zero attached hydrogens (tertiary/aromatic N) is 4. The molecule has 8 heteroatoms. The van der Waals surface area contributed by atoms with Crippen molar-refractivity contribution in [3.63, 3.8) is 0 Å². The van der Waals surface area contributed by atoms with Gasteiger partial charge in [-0.25, -0.2) is 8.78 Å². The first-order chi connectivity index (χ1) is 20.8. The Kier molecular flexibility index (Phi) is 14.5. The van der Waals surface area contributed by atoms with Gasteiger partial charge in [0.1, 0.15) is 17.2 Å². The molecule has 2 aromatic rings. The minimum absolute atomic E-state index is 0.146. The van der Waals surface area contributed by atoms with Gasteiger partial charge in [0.2, 0.25) is 0 Å². The quantitative estimate of drug-likeness (QED) is 0.143. The summed E-state index contributed by atoms with van der Waals surface area (Å²) in [6.45, 7) is 20.2. The number of fused-ring (bicyclic) bond motifs is 1. The number of nitrogens with one attached hydrogen (secondary N) is 2. The van der Waals surface area contributed by atoms with Gasteiger partial charge in [-0.1, -0.05) is 72.1 Å². The fourth-order valence-electron chi connectivity index (χ4n) is 6.72. The van der Waals surface area contributed by atoms with Crippen molar-refractivity contribution >= 4 is 16.7 Å².